The van der Waals surface area contributed by atoms with Crippen molar-refractivity contribution in [1.29, 1.82) is 0 Å². The number of esters is 4. The fourth-order valence-corrected chi connectivity index (χ4v) is 11.7. The quantitative estimate of drug-likeness (QED) is 0.0169. The zero-order valence-corrected chi connectivity index (χ0v) is 64.6. The van der Waals surface area contributed by atoms with Gasteiger partial charge in [0.05, 0.1) is 26.4 Å². The molecule has 0 saturated heterocycles. The van der Waals surface area contributed by atoms with E-state index in [4.69, 9.17) is 37.0 Å². The number of hydrogen-bond acceptors (Lipinski definition) is 15. The van der Waals surface area contributed by atoms with Gasteiger partial charge in [0.2, 0.25) is 0 Å². The zero-order chi connectivity index (χ0) is 73.2. The lowest BCUT2D eigenvalue weighted by Gasteiger charge is -2.21. The van der Waals surface area contributed by atoms with Gasteiger partial charge in [-0.05, 0) is 154 Å². The highest BCUT2D eigenvalue weighted by Gasteiger charge is 2.30. The molecular weight excluding hydrogens is 1310 g/mol. The Morgan fingerprint density at radius 1 is 0.280 bits per heavy atom. The highest BCUT2D eigenvalue weighted by molar-refractivity contribution is 7.47. The van der Waals surface area contributed by atoms with E-state index < -0.39 is 97.5 Å². The van der Waals surface area contributed by atoms with Crippen molar-refractivity contribution in [2.75, 3.05) is 39.6 Å². The van der Waals surface area contributed by atoms with E-state index in [1.165, 1.54) is 83.5 Å². The summed E-state index contributed by atoms with van der Waals surface area (Å²) in [6, 6.07) is 0. The third-order valence-corrected chi connectivity index (χ3v) is 18.1. The Balaban J connectivity index is 5.43. The first-order chi connectivity index (χ1) is 48.7. The molecular formula is C81H140O17P2. The van der Waals surface area contributed by atoms with Gasteiger partial charge in [0.25, 0.3) is 0 Å². The van der Waals surface area contributed by atoms with E-state index >= 15 is 0 Å². The van der Waals surface area contributed by atoms with Crippen LogP contribution >= 0.6 is 15.6 Å². The van der Waals surface area contributed by atoms with Crippen LogP contribution in [0.4, 0.5) is 0 Å². The van der Waals surface area contributed by atoms with Crippen molar-refractivity contribution in [3.05, 3.63) is 109 Å². The van der Waals surface area contributed by atoms with Crippen molar-refractivity contribution in [3.8, 4) is 0 Å². The van der Waals surface area contributed by atoms with Gasteiger partial charge in [-0.3, -0.25) is 37.3 Å². The lowest BCUT2D eigenvalue weighted by Crippen LogP contribution is -2.30. The molecule has 0 aromatic rings. The Morgan fingerprint density at radius 3 is 0.820 bits per heavy atom. The Bertz CT molecular complexity index is 2320. The SMILES string of the molecule is CCCCC/C=C\C/C=C\C/C=C\C/C=C\CCCC(=O)O[C@H](COC(=O)CCCCCCC/C=C\C/C=C\CCCCC)COP(=O)(O)OC[C@H](O)COP(=O)(O)OC[C@@H](COC(=O)CCCCCCC/C=C\C/C=C\CCCCC)OC(=O)CCCCCCC/C=C\CCCCCC. The molecule has 0 aromatic carbocycles. The Morgan fingerprint density at radius 2 is 0.500 bits per heavy atom. The number of allylic oxidation sites excluding steroid dienone is 18. The number of ether oxygens (including phenoxy) is 4. The molecule has 17 nitrogen and oxygen atoms in total. The number of phosphoric ester groups is 2. The lowest BCUT2D eigenvalue weighted by atomic mass is 10.1. The van der Waals surface area contributed by atoms with Crippen molar-refractivity contribution in [2.24, 2.45) is 0 Å². The summed E-state index contributed by atoms with van der Waals surface area (Å²) in [7, 11) is -9.98. The Kier molecular flexibility index (Phi) is 69.9. The van der Waals surface area contributed by atoms with Gasteiger partial charge in [0.1, 0.15) is 19.3 Å². The molecule has 0 spiro atoms. The van der Waals surface area contributed by atoms with Crippen molar-refractivity contribution in [1.82, 2.24) is 0 Å². The summed E-state index contributed by atoms with van der Waals surface area (Å²) in [4.78, 5) is 72.9. The van der Waals surface area contributed by atoms with E-state index in [1.807, 2.05) is 12.2 Å². The molecule has 2 unspecified atom stereocenters. The van der Waals surface area contributed by atoms with Gasteiger partial charge in [-0.1, -0.05) is 253 Å². The minimum Gasteiger partial charge on any atom is -0.462 e. The Hall–Kier alpha value is -4.28. The molecule has 0 saturated carbocycles. The van der Waals surface area contributed by atoms with Gasteiger partial charge < -0.3 is 33.8 Å². The molecule has 0 amide bonds. The third kappa shape index (κ3) is 72.1. The standard InChI is InChI=1S/C81H140O17P2/c1-5-9-13-17-21-25-29-33-36-37-40-44-48-52-56-60-64-68-81(86)98-77(72-92-79(84)66-62-58-54-50-46-43-39-35-31-27-23-19-15-11-7-3)74-96-100(89,90)94-70-75(82)69-93-99(87,88)95-73-76(97-80(85)67-63-59-55-51-47-41-32-28-24-20-16-12-8-4)71-91-78(83)65-61-57-53-49-45-42-38-34-30-26-22-18-14-10-6-2/h21-23,25-28,32-36,38-40,44,52,56,75-77,82H,5-20,24,29-31,37,41-43,45-51,53-55,57-74H2,1-4H3,(H,87,88)(H,89,90)/b25-21-,26-22-,27-23-,32-28-,36-33-,38-34-,39-35-,44-40-,56-52-/t75-,76-,77-/m1/s1. The van der Waals surface area contributed by atoms with Crippen LogP contribution in [0.5, 0.6) is 0 Å². The first-order valence-electron chi connectivity index (χ1n) is 39.1. The van der Waals surface area contributed by atoms with Crippen molar-refractivity contribution in [2.45, 2.75) is 341 Å². The molecule has 0 fully saturated rings. The number of aliphatic hydroxyl groups excluding tert-OH is 1. The van der Waals surface area contributed by atoms with Crippen LogP contribution in [-0.4, -0.2) is 96.7 Å². The van der Waals surface area contributed by atoms with E-state index in [9.17, 15) is 43.2 Å². The first kappa shape index (κ1) is 95.7. The number of aliphatic hydroxyl groups is 1. The molecule has 576 valence electrons. The molecule has 0 aliphatic rings. The number of phosphoric acid groups is 2. The van der Waals surface area contributed by atoms with Gasteiger partial charge in [0, 0.05) is 25.7 Å². The number of carbonyl (C=O) groups excluding carboxylic acids is 4. The maximum Gasteiger partial charge on any atom is 0.472 e. The smallest absolute Gasteiger partial charge is 0.462 e. The first-order valence-corrected chi connectivity index (χ1v) is 42.1. The second kappa shape index (κ2) is 73.0. The lowest BCUT2D eigenvalue weighted by molar-refractivity contribution is -0.161. The van der Waals surface area contributed by atoms with E-state index in [0.29, 0.717) is 32.1 Å². The van der Waals surface area contributed by atoms with Crippen LogP contribution in [0.25, 0.3) is 0 Å². The molecule has 0 aliphatic carbocycles. The minimum absolute atomic E-state index is 0.0148. The summed E-state index contributed by atoms with van der Waals surface area (Å²) in [6.07, 6.45) is 77.9. The van der Waals surface area contributed by atoms with Gasteiger partial charge >= 0.3 is 39.5 Å². The van der Waals surface area contributed by atoms with Gasteiger partial charge in [-0.2, -0.15) is 0 Å². The van der Waals surface area contributed by atoms with Gasteiger partial charge in [-0.25, -0.2) is 9.13 Å². The fraction of sp³-hybridized carbons (Fsp3) is 0.728. The predicted molar refractivity (Wildman–Crippen MR) is 408 cm³/mol. The van der Waals surface area contributed by atoms with Crippen LogP contribution < -0.4 is 0 Å². The van der Waals surface area contributed by atoms with Gasteiger partial charge in [0.15, 0.2) is 12.2 Å². The average molecular weight is 1450 g/mol. The number of rotatable bonds is 73. The van der Waals surface area contributed by atoms with E-state index in [1.54, 1.807) is 0 Å². The average Bonchev–Trinajstić information content (AvgIpc) is 0.962. The number of unbranched alkanes of at least 4 members (excludes halogenated alkanes) is 29. The molecule has 0 bridgehead atoms. The maximum absolute atomic E-state index is 13.1. The molecule has 0 radical (unpaired) electrons. The van der Waals surface area contributed by atoms with Crippen molar-refractivity contribution < 1.29 is 80.2 Å². The van der Waals surface area contributed by atoms with Crippen LogP contribution in [0.15, 0.2) is 109 Å². The summed E-state index contributed by atoms with van der Waals surface area (Å²) in [5, 5.41) is 10.6. The maximum atomic E-state index is 13.1. The van der Waals surface area contributed by atoms with Crippen molar-refractivity contribution >= 4 is 39.5 Å². The molecule has 0 rings (SSSR count). The normalized spacial score (nSPS) is 14.5. The second-order valence-electron chi connectivity index (χ2n) is 25.9. The molecule has 19 heteroatoms. The van der Waals surface area contributed by atoms with Crippen LogP contribution in [-0.2, 0) is 65.4 Å². The Labute approximate surface area is 607 Å². The number of carbonyl (C=O) groups is 4. The summed E-state index contributed by atoms with van der Waals surface area (Å²) < 4.78 is 68.4. The molecule has 5 atom stereocenters. The van der Waals surface area contributed by atoms with Crippen LogP contribution in [0.2, 0.25) is 0 Å². The van der Waals surface area contributed by atoms with E-state index in [2.05, 4.69) is 125 Å². The second-order valence-corrected chi connectivity index (χ2v) is 28.8. The van der Waals surface area contributed by atoms with Crippen molar-refractivity contribution in [3.63, 3.8) is 0 Å². The monoisotopic (exact) mass is 1450 g/mol. The highest BCUT2D eigenvalue weighted by atomic mass is 31.2. The van der Waals surface area contributed by atoms with Crippen LogP contribution in [0.1, 0.15) is 323 Å². The molecule has 0 heterocycles. The minimum atomic E-state index is -4.99. The van der Waals surface area contributed by atoms with E-state index in [-0.39, 0.29) is 25.7 Å². The summed E-state index contributed by atoms with van der Waals surface area (Å²) in [5.74, 6) is -2.27. The fourth-order valence-electron chi connectivity index (χ4n) is 10.1. The molecule has 3 N–H and O–H groups in total. The third-order valence-electron chi connectivity index (χ3n) is 16.2. The summed E-state index contributed by atoms with van der Waals surface area (Å²) in [5.41, 5.74) is 0. The molecule has 0 aliphatic heterocycles. The molecule has 100 heavy (non-hydrogen) atoms. The largest absolute Gasteiger partial charge is 0.472 e. The predicted octanol–water partition coefficient (Wildman–Crippen LogP) is 22.6. The van der Waals surface area contributed by atoms with E-state index in [0.717, 1.165) is 154 Å². The summed E-state index contributed by atoms with van der Waals surface area (Å²) in [6.45, 7) is 4.69. The number of hydrogen-bond donors (Lipinski definition) is 3. The highest BCUT2D eigenvalue weighted by Crippen LogP contribution is 2.45. The van der Waals surface area contributed by atoms with Gasteiger partial charge in [-0.15, -0.1) is 0 Å². The van der Waals surface area contributed by atoms with Crippen LogP contribution in [0.3, 0.4) is 0 Å². The van der Waals surface area contributed by atoms with Crippen LogP contribution in [0, 0.1) is 0 Å². The summed E-state index contributed by atoms with van der Waals surface area (Å²) >= 11 is 0. The zero-order valence-electron chi connectivity index (χ0n) is 62.8. The molecule has 0 aromatic heterocycles. The topological polar surface area (TPSA) is 237 Å².